The quantitative estimate of drug-likeness (QED) is 0.0811. The average molecular weight is 1030 g/mol. The monoisotopic (exact) mass is 1030 g/mol. The number of halogens is 2. The van der Waals surface area contributed by atoms with Crippen LogP contribution in [0.1, 0.15) is 206 Å². The number of unbranched alkanes of at least 4 members (excludes halogenated alkanes) is 6. The molecule has 1 N–H and O–H groups in total. The van der Waals surface area contributed by atoms with Gasteiger partial charge >= 0.3 is 12.1 Å². The Morgan fingerprint density at radius 1 is 0.569 bits per heavy atom. The van der Waals surface area contributed by atoms with E-state index in [0.717, 1.165) is 122 Å². The molecular weight excluding hydrogens is 919 g/mol. The van der Waals surface area contributed by atoms with Crippen molar-refractivity contribution < 1.29 is 47.0 Å². The Kier molecular flexibility index (Phi) is 64.9. The number of para-hydroxylation sites is 1. The maximum Gasteiger partial charge on any atom is 0.352 e. The van der Waals surface area contributed by atoms with Gasteiger partial charge in [0.1, 0.15) is 0 Å². The van der Waals surface area contributed by atoms with Gasteiger partial charge in [-0.1, -0.05) is 144 Å². The molecule has 0 atom stereocenters. The first-order valence-corrected chi connectivity index (χ1v) is 26.9. The zero-order valence-electron chi connectivity index (χ0n) is 49.1. The van der Waals surface area contributed by atoms with E-state index in [4.69, 9.17) is 4.74 Å². The van der Waals surface area contributed by atoms with Crippen molar-refractivity contribution >= 4 is 41.0 Å². The summed E-state index contributed by atoms with van der Waals surface area (Å²) in [5, 5.41) is 2.71. The van der Waals surface area contributed by atoms with E-state index in [1.807, 2.05) is 68.3 Å². The molecule has 72 heavy (non-hydrogen) atoms. The summed E-state index contributed by atoms with van der Waals surface area (Å²) in [5.74, 6) is 0.226. The first kappa shape index (κ1) is 79.0. The fourth-order valence-electron chi connectivity index (χ4n) is 4.92. The molecule has 422 valence electrons. The number of benzene rings is 2. The van der Waals surface area contributed by atoms with Crippen molar-refractivity contribution in [2.45, 2.75) is 213 Å². The highest BCUT2D eigenvalue weighted by Crippen LogP contribution is 2.17. The van der Waals surface area contributed by atoms with Gasteiger partial charge in [-0.25, -0.2) is 0 Å². The molecule has 0 saturated heterocycles. The first-order chi connectivity index (χ1) is 34.0. The van der Waals surface area contributed by atoms with Crippen LogP contribution in [0.5, 0.6) is 0 Å². The van der Waals surface area contributed by atoms with E-state index in [-0.39, 0.29) is 36.2 Å². The van der Waals surface area contributed by atoms with Crippen LogP contribution in [0.4, 0.5) is 20.2 Å². The van der Waals surface area contributed by atoms with Gasteiger partial charge in [0.25, 0.3) is 0 Å². The summed E-state index contributed by atoms with van der Waals surface area (Å²) in [7, 11) is 3.63. The minimum absolute atomic E-state index is 0.0680. The maximum absolute atomic E-state index is 11.8. The lowest BCUT2D eigenvalue weighted by Crippen LogP contribution is -2.29. The smallest absolute Gasteiger partial charge is 0.352 e. The number of ether oxygens (including phenoxy) is 3. The number of hydrogen-bond acceptors (Lipinski definition) is 8. The zero-order valence-corrected chi connectivity index (χ0v) is 49.1. The lowest BCUT2D eigenvalue weighted by molar-refractivity contribution is -0.224. The number of aryl methyl sites for hydroxylation is 1. The van der Waals surface area contributed by atoms with E-state index in [1.54, 1.807) is 37.6 Å². The Labute approximate surface area is 440 Å². The molecule has 2 rings (SSSR count). The zero-order chi connectivity index (χ0) is 56.6. The van der Waals surface area contributed by atoms with Crippen molar-refractivity contribution in [2.24, 2.45) is 0 Å². The minimum atomic E-state index is -2.95. The number of nitrogens with zero attached hydrogens (tertiary/aromatic N) is 3. The van der Waals surface area contributed by atoms with Crippen LogP contribution in [-0.2, 0) is 44.6 Å². The molecule has 0 radical (unpaired) electrons. The van der Waals surface area contributed by atoms with Crippen LogP contribution in [0.15, 0.2) is 54.6 Å². The minimum Gasteiger partial charge on any atom is -0.466 e. The van der Waals surface area contributed by atoms with Crippen molar-refractivity contribution in [2.75, 3.05) is 70.0 Å². The molecule has 0 unspecified atom stereocenters. The molecule has 0 aliphatic carbocycles. The van der Waals surface area contributed by atoms with Gasteiger partial charge in [0.15, 0.2) is 0 Å². The highest BCUT2D eigenvalue weighted by atomic mass is 19.3. The van der Waals surface area contributed by atoms with Crippen LogP contribution in [0, 0.1) is 0 Å². The second kappa shape index (κ2) is 59.1. The van der Waals surface area contributed by atoms with E-state index in [1.165, 1.54) is 38.7 Å². The number of amides is 4. The van der Waals surface area contributed by atoms with Gasteiger partial charge in [0.2, 0.25) is 23.6 Å². The Morgan fingerprint density at radius 2 is 1.06 bits per heavy atom. The average Bonchev–Trinajstić information content (AvgIpc) is 3.32. The van der Waals surface area contributed by atoms with E-state index in [9.17, 15) is 32.8 Å². The topological polar surface area (TPSA) is 135 Å². The lowest BCUT2D eigenvalue weighted by Gasteiger charge is -2.20. The van der Waals surface area contributed by atoms with E-state index in [2.05, 4.69) is 82.3 Å². The SMILES string of the molecule is CCC.CCCCN(C(C)=O)c1ccccc1.CCCCN(C)C(C)=O.CCCCNC(C)=O.CCCCOC(C)(F)F.CCCCOC(C)=O.CCCCOCC.CCCc1cccc(N(C)C(C)=O)c1. The van der Waals surface area contributed by atoms with E-state index < -0.39 is 6.11 Å². The molecule has 2 aromatic carbocycles. The normalized spacial score (nSPS) is 9.61. The summed E-state index contributed by atoms with van der Waals surface area (Å²) in [6, 6.07) is 17.9. The summed E-state index contributed by atoms with van der Waals surface area (Å²) < 4.78 is 37.5. The van der Waals surface area contributed by atoms with Gasteiger partial charge in [-0.3, -0.25) is 24.0 Å². The molecule has 0 saturated carbocycles. The van der Waals surface area contributed by atoms with Gasteiger partial charge in [0.05, 0.1) is 13.2 Å². The molecule has 0 bridgehead atoms. The number of nitrogens with one attached hydrogen (secondary N) is 1. The fourth-order valence-corrected chi connectivity index (χ4v) is 4.92. The Hall–Kier alpha value is -4.43. The van der Waals surface area contributed by atoms with Crippen LogP contribution in [-0.4, -0.2) is 101 Å². The molecule has 0 fully saturated rings. The van der Waals surface area contributed by atoms with Crippen molar-refractivity contribution in [1.82, 2.24) is 10.2 Å². The molecule has 0 aliphatic heterocycles. The third-order valence-electron chi connectivity index (χ3n) is 9.28. The number of rotatable bonds is 24. The standard InChI is InChI=1S/2C12H17NO.C7H15NO.C6H12F2O.C6H13NO.C6H12O2.C6H14O.C3H8/c1-4-6-11-7-5-8-12(9-11)13(3)10(2)14;1-3-4-10-13(11(2)14)12-8-6-5-7-9-12;1-4-5-6-8(3)7(2)9;1-3-4-5-9-6(2,7)8;1-3-4-5-7-6(2)8;1-3-4-5-8-6(2)7;1-3-5-6-7-4-2;1-3-2/h5,7-9H,4,6H2,1-3H3;5-9H,3-4,10H2,1-2H3;4-6H2,1-3H3;3-5H2,1-2H3;3-5H2,1-2H3,(H,7,8);3-5H2,1-2H3;3-6H2,1-2H3;3H2,1-2H3. The van der Waals surface area contributed by atoms with Gasteiger partial charge < -0.3 is 34.2 Å². The Bertz CT molecular complexity index is 1490. The highest BCUT2D eigenvalue weighted by molar-refractivity contribution is 5.91. The van der Waals surface area contributed by atoms with Gasteiger partial charge in [0, 0.05) is 99.9 Å². The largest absolute Gasteiger partial charge is 0.466 e. The third kappa shape index (κ3) is 65.6. The van der Waals surface area contributed by atoms with Crippen LogP contribution >= 0.6 is 0 Å². The number of hydrogen-bond donors (Lipinski definition) is 1. The molecule has 2 aromatic rings. The molecule has 12 nitrogen and oxygen atoms in total. The lowest BCUT2D eigenvalue weighted by atomic mass is 10.1. The number of carbonyl (C=O) groups excluding carboxylic acids is 5. The number of esters is 1. The summed E-state index contributed by atoms with van der Waals surface area (Å²) in [6.07, 6.45) is 13.2. The second-order valence-electron chi connectivity index (χ2n) is 16.9. The molecule has 0 spiro atoms. The molecule has 4 amide bonds. The van der Waals surface area contributed by atoms with Crippen LogP contribution in [0.3, 0.4) is 0 Å². The van der Waals surface area contributed by atoms with Gasteiger partial charge in [-0.05, 0) is 81.7 Å². The van der Waals surface area contributed by atoms with E-state index >= 15 is 0 Å². The maximum atomic E-state index is 11.8. The van der Waals surface area contributed by atoms with Crippen LogP contribution < -0.4 is 15.1 Å². The van der Waals surface area contributed by atoms with Gasteiger partial charge in [-0.15, -0.1) is 0 Å². The summed E-state index contributed by atoms with van der Waals surface area (Å²) in [6.45, 7) is 34.5. The molecule has 0 aliphatic rings. The molecule has 0 aromatic heterocycles. The summed E-state index contributed by atoms with van der Waals surface area (Å²) in [4.78, 5) is 58.6. The molecular formula is C58H108F2N4O8. The number of anilines is 2. The second-order valence-corrected chi connectivity index (χ2v) is 16.9. The van der Waals surface area contributed by atoms with Crippen molar-refractivity contribution in [3.8, 4) is 0 Å². The van der Waals surface area contributed by atoms with Crippen LogP contribution in [0.25, 0.3) is 0 Å². The fraction of sp³-hybridized carbons (Fsp3) is 0.707. The Morgan fingerprint density at radius 3 is 1.47 bits per heavy atom. The van der Waals surface area contributed by atoms with Crippen molar-refractivity contribution in [3.63, 3.8) is 0 Å². The highest BCUT2D eigenvalue weighted by Gasteiger charge is 2.20. The number of carbonyl (C=O) groups is 5. The predicted octanol–water partition coefficient (Wildman–Crippen LogP) is 14.7. The van der Waals surface area contributed by atoms with Gasteiger partial charge in [-0.2, -0.15) is 8.78 Å². The molecule has 0 heterocycles. The van der Waals surface area contributed by atoms with Crippen LogP contribution in [0.2, 0.25) is 0 Å². The van der Waals surface area contributed by atoms with Crippen molar-refractivity contribution in [3.05, 3.63) is 60.2 Å². The summed E-state index contributed by atoms with van der Waals surface area (Å²) in [5.41, 5.74) is 3.26. The Balaban J connectivity index is -0.000000178. The first-order valence-electron chi connectivity index (χ1n) is 26.9. The van der Waals surface area contributed by atoms with E-state index in [0.29, 0.717) is 13.0 Å². The van der Waals surface area contributed by atoms with Crippen molar-refractivity contribution in [1.29, 1.82) is 0 Å². The molecule has 14 heteroatoms. The predicted molar refractivity (Wildman–Crippen MR) is 301 cm³/mol. The summed E-state index contributed by atoms with van der Waals surface area (Å²) >= 11 is 0. The third-order valence-corrected chi connectivity index (χ3v) is 9.28. The number of alkyl halides is 2.